The van der Waals surface area contributed by atoms with Gasteiger partial charge in [0.25, 0.3) is 0 Å². The zero-order valence-electron chi connectivity index (χ0n) is 12.9. The van der Waals surface area contributed by atoms with Crippen molar-refractivity contribution >= 4 is 11.9 Å². The number of hydrogen-bond acceptors (Lipinski definition) is 3. The number of hydrogen-bond donors (Lipinski definition) is 2. The molecule has 0 bridgehead atoms. The molecule has 0 aliphatic heterocycles. The van der Waals surface area contributed by atoms with E-state index in [1.807, 2.05) is 30.3 Å². The van der Waals surface area contributed by atoms with E-state index in [1.54, 1.807) is 7.11 Å². The highest BCUT2D eigenvalue weighted by atomic mass is 16.5. The van der Waals surface area contributed by atoms with Crippen LogP contribution in [0.15, 0.2) is 30.3 Å². The van der Waals surface area contributed by atoms with Gasteiger partial charge in [0, 0.05) is 20.3 Å². The van der Waals surface area contributed by atoms with Gasteiger partial charge in [0.2, 0.25) is 5.91 Å². The predicted octanol–water partition coefficient (Wildman–Crippen LogP) is 1.86. The molecule has 1 aliphatic rings. The predicted molar refractivity (Wildman–Crippen MR) is 82.4 cm³/mol. The Kier molecular flexibility index (Phi) is 5.55. The molecule has 5 heteroatoms. The summed E-state index contributed by atoms with van der Waals surface area (Å²) in [6, 6.07) is 9.47. The summed E-state index contributed by atoms with van der Waals surface area (Å²) in [5.41, 5.74) is 0.635. The zero-order valence-corrected chi connectivity index (χ0v) is 12.9. The van der Waals surface area contributed by atoms with Crippen LogP contribution in [0.3, 0.4) is 0 Å². The fourth-order valence-corrected chi connectivity index (χ4v) is 2.59. The Hall–Kier alpha value is -1.88. The lowest BCUT2D eigenvalue weighted by Gasteiger charge is -2.18. The fraction of sp³-hybridized carbons (Fsp3) is 0.529. The first-order valence-corrected chi connectivity index (χ1v) is 7.61. The van der Waals surface area contributed by atoms with Gasteiger partial charge in [-0.3, -0.25) is 9.59 Å². The topological polar surface area (TPSA) is 75.6 Å². The maximum atomic E-state index is 12.3. The van der Waals surface area contributed by atoms with Gasteiger partial charge in [-0.05, 0) is 31.2 Å². The number of carbonyl (C=O) groups is 2. The van der Waals surface area contributed by atoms with Crippen LogP contribution in [0.5, 0.6) is 0 Å². The van der Waals surface area contributed by atoms with Crippen LogP contribution in [0.1, 0.15) is 24.8 Å². The van der Waals surface area contributed by atoms with E-state index >= 15 is 0 Å². The summed E-state index contributed by atoms with van der Waals surface area (Å²) in [5, 5.41) is 12.2. The van der Waals surface area contributed by atoms with Gasteiger partial charge < -0.3 is 15.2 Å². The molecule has 0 saturated heterocycles. The number of aliphatic carboxylic acids is 1. The van der Waals surface area contributed by atoms with Gasteiger partial charge in [-0.15, -0.1) is 0 Å². The molecule has 5 nitrogen and oxygen atoms in total. The lowest BCUT2D eigenvalue weighted by Crippen LogP contribution is -2.38. The molecular weight excluding hydrogens is 282 g/mol. The summed E-state index contributed by atoms with van der Waals surface area (Å²) in [5.74, 6) is -1.53. The number of methoxy groups -OCH3 is 1. The molecule has 1 aromatic rings. The van der Waals surface area contributed by atoms with Crippen LogP contribution in [0.2, 0.25) is 0 Å². The normalized spacial score (nSPS) is 16.8. The van der Waals surface area contributed by atoms with E-state index in [1.165, 1.54) is 0 Å². The van der Waals surface area contributed by atoms with Gasteiger partial charge >= 0.3 is 5.97 Å². The summed E-state index contributed by atoms with van der Waals surface area (Å²) in [7, 11) is 1.62. The van der Waals surface area contributed by atoms with Crippen LogP contribution in [-0.4, -0.2) is 37.2 Å². The van der Waals surface area contributed by atoms with E-state index in [0.29, 0.717) is 19.4 Å². The van der Waals surface area contributed by atoms with Gasteiger partial charge in [0.15, 0.2) is 0 Å². The number of carboxylic acid groups (broad SMARTS) is 1. The molecule has 1 amide bonds. The van der Waals surface area contributed by atoms with E-state index in [-0.39, 0.29) is 17.9 Å². The average Bonchev–Trinajstić information content (AvgIpc) is 3.31. The highest BCUT2D eigenvalue weighted by Crippen LogP contribution is 2.48. The summed E-state index contributed by atoms with van der Waals surface area (Å²) in [6.07, 6.45) is 2.84. The molecule has 0 aromatic heterocycles. The number of nitrogens with one attached hydrogen (secondary N) is 1. The first-order valence-electron chi connectivity index (χ1n) is 7.61. The third kappa shape index (κ3) is 4.31. The monoisotopic (exact) mass is 305 g/mol. The second-order valence-corrected chi connectivity index (χ2v) is 5.96. The average molecular weight is 305 g/mol. The second kappa shape index (κ2) is 7.40. The minimum absolute atomic E-state index is 0.0381. The quantitative estimate of drug-likeness (QED) is 0.730. The first-order chi connectivity index (χ1) is 10.6. The van der Waals surface area contributed by atoms with Crippen molar-refractivity contribution in [3.05, 3.63) is 35.9 Å². The van der Waals surface area contributed by atoms with Crippen molar-refractivity contribution in [3.63, 3.8) is 0 Å². The Morgan fingerprint density at radius 3 is 2.55 bits per heavy atom. The Balaban J connectivity index is 1.87. The summed E-state index contributed by atoms with van der Waals surface area (Å²) in [4.78, 5) is 23.6. The van der Waals surface area contributed by atoms with Crippen molar-refractivity contribution in [3.8, 4) is 0 Å². The second-order valence-electron chi connectivity index (χ2n) is 5.96. The number of ether oxygens (including phenoxy) is 1. The summed E-state index contributed by atoms with van der Waals surface area (Å²) >= 11 is 0. The Labute approximate surface area is 130 Å². The minimum atomic E-state index is -0.883. The highest BCUT2D eigenvalue weighted by Gasteiger charge is 2.49. The van der Waals surface area contributed by atoms with Crippen LogP contribution in [0, 0.1) is 11.3 Å². The van der Waals surface area contributed by atoms with Crippen molar-refractivity contribution in [2.75, 3.05) is 20.3 Å². The van der Waals surface area contributed by atoms with E-state index in [2.05, 4.69) is 5.32 Å². The van der Waals surface area contributed by atoms with Gasteiger partial charge in [0.1, 0.15) is 0 Å². The van der Waals surface area contributed by atoms with E-state index in [0.717, 1.165) is 18.4 Å². The standard InChI is InChI=1S/C17H23NO4/c1-22-10-9-17(7-8-17)16(21)18-12-14(15(19)20)11-13-5-3-2-4-6-13/h2-6,14H,7-12H2,1H3,(H,18,21)(H,19,20). The van der Waals surface area contributed by atoms with Crippen molar-refractivity contribution in [2.45, 2.75) is 25.7 Å². The molecule has 120 valence electrons. The molecule has 22 heavy (non-hydrogen) atoms. The molecule has 0 spiro atoms. The van der Waals surface area contributed by atoms with Gasteiger partial charge in [-0.25, -0.2) is 0 Å². The van der Waals surface area contributed by atoms with Gasteiger partial charge in [-0.2, -0.15) is 0 Å². The molecule has 0 heterocycles. The number of carbonyl (C=O) groups excluding carboxylic acids is 1. The SMILES string of the molecule is COCCC1(C(=O)NCC(Cc2ccccc2)C(=O)O)CC1. The fourth-order valence-electron chi connectivity index (χ4n) is 2.59. The lowest BCUT2D eigenvalue weighted by molar-refractivity contribution is -0.141. The van der Waals surface area contributed by atoms with Crippen molar-refractivity contribution in [1.82, 2.24) is 5.32 Å². The maximum Gasteiger partial charge on any atom is 0.308 e. The molecule has 2 N–H and O–H groups in total. The van der Waals surface area contributed by atoms with Crippen molar-refractivity contribution in [1.29, 1.82) is 0 Å². The lowest BCUT2D eigenvalue weighted by atomic mass is 9.98. The van der Waals surface area contributed by atoms with Crippen LogP contribution < -0.4 is 5.32 Å². The third-order valence-electron chi connectivity index (χ3n) is 4.30. The van der Waals surface area contributed by atoms with E-state index in [4.69, 9.17) is 4.74 Å². The molecule has 1 aromatic carbocycles. The summed E-state index contributed by atoms with van der Waals surface area (Å²) < 4.78 is 5.04. The summed E-state index contributed by atoms with van der Waals surface area (Å²) in [6.45, 7) is 0.720. The Morgan fingerprint density at radius 2 is 2.00 bits per heavy atom. The maximum absolute atomic E-state index is 12.3. The van der Waals surface area contributed by atoms with Crippen molar-refractivity contribution < 1.29 is 19.4 Å². The molecule has 1 atom stereocenters. The number of benzene rings is 1. The van der Waals surface area contributed by atoms with Crippen LogP contribution >= 0.6 is 0 Å². The molecule has 0 radical (unpaired) electrons. The largest absolute Gasteiger partial charge is 0.481 e. The third-order valence-corrected chi connectivity index (χ3v) is 4.30. The van der Waals surface area contributed by atoms with Crippen LogP contribution in [0.4, 0.5) is 0 Å². The first kappa shape index (κ1) is 16.5. The molecular formula is C17H23NO4. The van der Waals surface area contributed by atoms with E-state index < -0.39 is 11.9 Å². The molecule has 1 unspecified atom stereocenters. The molecule has 2 rings (SSSR count). The van der Waals surface area contributed by atoms with E-state index in [9.17, 15) is 14.7 Å². The Morgan fingerprint density at radius 1 is 1.32 bits per heavy atom. The molecule has 1 fully saturated rings. The molecule has 1 saturated carbocycles. The number of amides is 1. The van der Waals surface area contributed by atoms with Gasteiger partial charge in [-0.1, -0.05) is 30.3 Å². The number of carboxylic acids is 1. The van der Waals surface area contributed by atoms with Crippen LogP contribution in [0.25, 0.3) is 0 Å². The minimum Gasteiger partial charge on any atom is -0.481 e. The van der Waals surface area contributed by atoms with Crippen molar-refractivity contribution in [2.24, 2.45) is 11.3 Å². The number of rotatable bonds is 9. The smallest absolute Gasteiger partial charge is 0.308 e. The Bertz CT molecular complexity index is 511. The van der Waals surface area contributed by atoms with Gasteiger partial charge in [0.05, 0.1) is 11.3 Å². The van der Waals surface area contributed by atoms with Crippen LogP contribution in [-0.2, 0) is 20.7 Å². The zero-order chi connectivity index (χ0) is 16.0. The highest BCUT2D eigenvalue weighted by molar-refractivity contribution is 5.85. The molecule has 1 aliphatic carbocycles.